The van der Waals surface area contributed by atoms with Crippen LogP contribution >= 0.6 is 11.6 Å². The van der Waals surface area contributed by atoms with Gasteiger partial charge in [-0.3, -0.25) is 19.7 Å². The number of hydrogen-bond acceptors (Lipinski definition) is 5. The monoisotopic (exact) mass is 493 g/mol. The van der Waals surface area contributed by atoms with Crippen molar-refractivity contribution < 1.29 is 9.59 Å². The Labute approximate surface area is 209 Å². The number of nitrogens with one attached hydrogen (secondary N) is 1. The highest BCUT2D eigenvalue weighted by molar-refractivity contribution is 6.34. The third kappa shape index (κ3) is 4.39. The number of piperazine rings is 1. The van der Waals surface area contributed by atoms with E-state index in [4.69, 9.17) is 16.6 Å². The van der Waals surface area contributed by atoms with Crippen molar-refractivity contribution in [2.24, 2.45) is 4.99 Å². The van der Waals surface area contributed by atoms with Crippen LogP contribution in [0.2, 0.25) is 5.02 Å². The van der Waals surface area contributed by atoms with E-state index in [9.17, 15) is 9.59 Å². The van der Waals surface area contributed by atoms with Crippen LogP contribution in [0.4, 0.5) is 5.82 Å². The maximum absolute atomic E-state index is 12.1. The first-order chi connectivity index (χ1) is 16.8. The SMILES string of the molecule is C=CC(=O)N1CCN(/C(=N/C)c2cc(Cl)c(-c3c(C)ccc4[nH]ncc34)nc2N(C)C=O)C(C)C1. The normalized spacial score (nSPS) is 16.5. The van der Waals surface area contributed by atoms with Gasteiger partial charge < -0.3 is 14.7 Å². The Hall–Kier alpha value is -3.72. The number of carbonyl (C=O) groups excluding carboxylic acids is 2. The zero-order valence-corrected chi connectivity index (χ0v) is 21.0. The minimum absolute atomic E-state index is 0.0129. The van der Waals surface area contributed by atoms with E-state index in [1.54, 1.807) is 25.2 Å². The van der Waals surface area contributed by atoms with Crippen molar-refractivity contribution in [2.45, 2.75) is 19.9 Å². The highest BCUT2D eigenvalue weighted by atomic mass is 35.5. The quantitative estimate of drug-likeness (QED) is 0.254. The molecule has 35 heavy (non-hydrogen) atoms. The number of hydrogen-bond donors (Lipinski definition) is 1. The van der Waals surface area contributed by atoms with Gasteiger partial charge in [0.05, 0.1) is 28.0 Å². The Bertz CT molecular complexity index is 1330. The summed E-state index contributed by atoms with van der Waals surface area (Å²) < 4.78 is 0. The number of rotatable bonds is 5. The molecule has 1 N–H and O–H groups in total. The summed E-state index contributed by atoms with van der Waals surface area (Å²) in [5.74, 6) is 1.01. The Morgan fingerprint density at radius 1 is 1.37 bits per heavy atom. The van der Waals surface area contributed by atoms with Gasteiger partial charge in [0.15, 0.2) is 0 Å². The molecule has 2 amide bonds. The third-order valence-electron chi connectivity index (χ3n) is 6.36. The van der Waals surface area contributed by atoms with Gasteiger partial charge in [-0.15, -0.1) is 0 Å². The van der Waals surface area contributed by atoms with Gasteiger partial charge in [0, 0.05) is 50.7 Å². The molecule has 4 rings (SSSR count). The number of aryl methyl sites for hydroxylation is 1. The lowest BCUT2D eigenvalue weighted by Gasteiger charge is -2.41. The van der Waals surface area contributed by atoms with E-state index in [0.29, 0.717) is 54.0 Å². The van der Waals surface area contributed by atoms with Gasteiger partial charge in [0.1, 0.15) is 11.7 Å². The molecule has 1 aliphatic rings. The second kappa shape index (κ2) is 9.87. The van der Waals surface area contributed by atoms with Gasteiger partial charge in [0.25, 0.3) is 0 Å². The predicted octanol–water partition coefficient (Wildman–Crippen LogP) is 3.27. The molecule has 0 radical (unpaired) electrons. The number of anilines is 1. The molecule has 1 aromatic carbocycles. The number of benzene rings is 1. The van der Waals surface area contributed by atoms with E-state index >= 15 is 0 Å². The van der Waals surface area contributed by atoms with Crippen LogP contribution in [-0.4, -0.2) is 82.9 Å². The van der Waals surface area contributed by atoms with E-state index in [1.165, 1.54) is 11.0 Å². The van der Waals surface area contributed by atoms with Crippen LogP contribution in [0, 0.1) is 6.92 Å². The summed E-state index contributed by atoms with van der Waals surface area (Å²) in [5.41, 5.74) is 3.92. The molecule has 10 heteroatoms. The molecule has 0 bridgehead atoms. The van der Waals surface area contributed by atoms with Crippen molar-refractivity contribution >= 4 is 46.5 Å². The van der Waals surface area contributed by atoms with Crippen molar-refractivity contribution in [1.82, 2.24) is 25.0 Å². The fourth-order valence-electron chi connectivity index (χ4n) is 4.58. The maximum Gasteiger partial charge on any atom is 0.246 e. The van der Waals surface area contributed by atoms with E-state index in [2.05, 4.69) is 26.7 Å². The van der Waals surface area contributed by atoms with Crippen LogP contribution in [0.5, 0.6) is 0 Å². The molecule has 1 aliphatic heterocycles. The van der Waals surface area contributed by atoms with Gasteiger partial charge >= 0.3 is 0 Å². The van der Waals surface area contributed by atoms with E-state index < -0.39 is 0 Å². The van der Waals surface area contributed by atoms with E-state index in [1.807, 2.05) is 32.0 Å². The standard InChI is InChI=1S/C25H28ClN7O2/c1-6-21(35)32-9-10-33(16(3)13-32)24(27-4)17-11-19(26)23(29-25(17)31(5)14-34)22-15(2)7-8-20-18(22)12-28-30-20/h6-8,11-12,14,16H,1,9-10,13H2,2-5H3,(H,28,30)/b27-24+. The number of amidine groups is 1. The summed E-state index contributed by atoms with van der Waals surface area (Å²) in [7, 11) is 3.35. The predicted molar refractivity (Wildman–Crippen MR) is 139 cm³/mol. The molecule has 0 saturated carbocycles. The number of pyridine rings is 1. The number of aliphatic imine (C=N–C) groups is 1. The molecule has 1 atom stereocenters. The van der Waals surface area contributed by atoms with Gasteiger partial charge in [0.2, 0.25) is 12.3 Å². The highest BCUT2D eigenvalue weighted by Gasteiger charge is 2.31. The van der Waals surface area contributed by atoms with Gasteiger partial charge in [-0.05, 0) is 37.6 Å². The molecule has 1 unspecified atom stereocenters. The first-order valence-electron chi connectivity index (χ1n) is 11.3. The van der Waals surface area contributed by atoms with Crippen molar-refractivity contribution in [1.29, 1.82) is 0 Å². The van der Waals surface area contributed by atoms with Crippen LogP contribution in [0.25, 0.3) is 22.2 Å². The Kier molecular flexibility index (Phi) is 6.88. The maximum atomic E-state index is 12.1. The minimum atomic E-state index is -0.0919. The second-order valence-corrected chi connectivity index (χ2v) is 8.98. The number of H-pyrrole nitrogens is 1. The Balaban J connectivity index is 1.82. The summed E-state index contributed by atoms with van der Waals surface area (Å²) in [4.78, 5) is 38.7. The van der Waals surface area contributed by atoms with Gasteiger partial charge in [-0.25, -0.2) is 4.98 Å². The number of carbonyl (C=O) groups is 2. The van der Waals surface area contributed by atoms with Crippen LogP contribution in [-0.2, 0) is 9.59 Å². The van der Waals surface area contributed by atoms with E-state index in [-0.39, 0.29) is 11.9 Å². The molecule has 3 aromatic rings. The number of nitrogens with zero attached hydrogens (tertiary/aromatic N) is 6. The number of halogens is 1. The second-order valence-electron chi connectivity index (χ2n) is 8.57. The smallest absolute Gasteiger partial charge is 0.246 e. The molecule has 1 saturated heterocycles. The van der Waals surface area contributed by atoms with Crippen molar-refractivity contribution in [3.8, 4) is 11.3 Å². The third-order valence-corrected chi connectivity index (χ3v) is 6.64. The van der Waals surface area contributed by atoms with Crippen LogP contribution < -0.4 is 4.90 Å². The molecule has 3 heterocycles. The average molecular weight is 494 g/mol. The van der Waals surface area contributed by atoms with Gasteiger partial charge in [-0.1, -0.05) is 24.2 Å². The summed E-state index contributed by atoms with van der Waals surface area (Å²) in [5, 5.41) is 8.48. The van der Waals surface area contributed by atoms with Crippen LogP contribution in [0.1, 0.15) is 18.1 Å². The number of aromatic amines is 1. The lowest BCUT2D eigenvalue weighted by Crippen LogP contribution is -2.55. The molecule has 2 aromatic heterocycles. The summed E-state index contributed by atoms with van der Waals surface area (Å²) in [6, 6.07) is 5.74. The zero-order chi connectivity index (χ0) is 25.3. The molecule has 0 spiro atoms. The number of aromatic nitrogens is 3. The molecule has 182 valence electrons. The summed E-state index contributed by atoms with van der Waals surface area (Å²) in [6.07, 6.45) is 3.79. The summed E-state index contributed by atoms with van der Waals surface area (Å²) >= 11 is 6.85. The average Bonchev–Trinajstić information content (AvgIpc) is 3.33. The first kappa shape index (κ1) is 24.4. The summed E-state index contributed by atoms with van der Waals surface area (Å²) in [6.45, 7) is 9.25. The lowest BCUT2D eigenvalue weighted by molar-refractivity contribution is -0.128. The fraction of sp³-hybridized carbons (Fsp3) is 0.320. The van der Waals surface area contributed by atoms with Crippen LogP contribution in [0.3, 0.4) is 0 Å². The minimum Gasteiger partial charge on any atom is -0.350 e. The van der Waals surface area contributed by atoms with E-state index in [0.717, 1.165) is 22.0 Å². The van der Waals surface area contributed by atoms with Gasteiger partial charge in [-0.2, -0.15) is 5.10 Å². The number of fused-ring (bicyclic) bond motifs is 1. The Morgan fingerprint density at radius 2 is 2.14 bits per heavy atom. The fourth-order valence-corrected chi connectivity index (χ4v) is 4.83. The Morgan fingerprint density at radius 3 is 2.80 bits per heavy atom. The number of amides is 2. The topological polar surface area (TPSA) is 97.8 Å². The molecular formula is C25H28ClN7O2. The molecule has 0 aliphatic carbocycles. The molecule has 1 fully saturated rings. The van der Waals surface area contributed by atoms with Crippen LogP contribution in [0.15, 0.2) is 42.0 Å². The largest absolute Gasteiger partial charge is 0.350 e. The van der Waals surface area contributed by atoms with Crippen molar-refractivity contribution in [3.63, 3.8) is 0 Å². The lowest BCUT2D eigenvalue weighted by atomic mass is 9.99. The zero-order valence-electron chi connectivity index (χ0n) is 20.2. The highest BCUT2D eigenvalue weighted by Crippen LogP contribution is 2.37. The van der Waals surface area contributed by atoms with Crippen molar-refractivity contribution in [3.05, 3.63) is 53.2 Å². The molecule has 9 nitrogen and oxygen atoms in total. The van der Waals surface area contributed by atoms with Crippen molar-refractivity contribution in [2.75, 3.05) is 38.6 Å². The molecular weight excluding hydrogens is 466 g/mol. The first-order valence-corrected chi connectivity index (χ1v) is 11.6.